The molecule has 1 saturated heterocycles. The van der Waals surface area contributed by atoms with Gasteiger partial charge in [-0.1, -0.05) is 43.6 Å². The molecule has 1 saturated carbocycles. The van der Waals surface area contributed by atoms with Crippen molar-refractivity contribution < 1.29 is 23.9 Å². The molecule has 0 spiro atoms. The number of carbonyl (C=O) groups is 3. The molecular weight excluding hydrogens is 452 g/mol. The van der Waals surface area contributed by atoms with Gasteiger partial charge in [0.25, 0.3) is 5.91 Å². The Morgan fingerprint density at radius 2 is 1.67 bits per heavy atom. The second-order valence-electron chi connectivity index (χ2n) is 9.03. The van der Waals surface area contributed by atoms with E-state index in [9.17, 15) is 14.4 Å². The SMILES string of the molecule is COC(CN(C(=O)C1C(C)(C)C1(C)C)C1CC(=O)N(c2ccc(Br)cc2)C1=O)OC. The van der Waals surface area contributed by atoms with Gasteiger partial charge in [-0.15, -0.1) is 0 Å². The fourth-order valence-corrected chi connectivity index (χ4v) is 4.74. The summed E-state index contributed by atoms with van der Waals surface area (Å²) in [4.78, 5) is 42.3. The van der Waals surface area contributed by atoms with Crippen LogP contribution >= 0.6 is 15.9 Å². The lowest BCUT2D eigenvalue weighted by Crippen LogP contribution is -2.50. The Hall–Kier alpha value is -1.77. The van der Waals surface area contributed by atoms with Crippen LogP contribution in [0.5, 0.6) is 0 Å². The van der Waals surface area contributed by atoms with Crippen LogP contribution in [-0.4, -0.2) is 55.7 Å². The Balaban J connectivity index is 1.92. The minimum absolute atomic E-state index is 0.0611. The van der Waals surface area contributed by atoms with Crippen molar-refractivity contribution in [1.82, 2.24) is 4.90 Å². The van der Waals surface area contributed by atoms with Crippen LogP contribution in [0, 0.1) is 16.7 Å². The fourth-order valence-electron chi connectivity index (χ4n) is 4.48. The molecule has 0 aromatic heterocycles. The first-order chi connectivity index (χ1) is 14.0. The Labute approximate surface area is 185 Å². The topological polar surface area (TPSA) is 76.2 Å². The molecule has 0 radical (unpaired) electrons. The molecule has 1 aliphatic carbocycles. The van der Waals surface area contributed by atoms with Gasteiger partial charge in [0, 0.05) is 24.6 Å². The minimum atomic E-state index is -0.881. The van der Waals surface area contributed by atoms with Crippen LogP contribution in [-0.2, 0) is 23.9 Å². The highest BCUT2D eigenvalue weighted by Gasteiger charge is 2.69. The summed E-state index contributed by atoms with van der Waals surface area (Å²) in [5, 5.41) is 0. The third kappa shape index (κ3) is 3.69. The number of imide groups is 1. The van der Waals surface area contributed by atoms with Crippen molar-refractivity contribution in [2.45, 2.75) is 46.4 Å². The van der Waals surface area contributed by atoms with Gasteiger partial charge in [-0.05, 0) is 35.1 Å². The number of amides is 3. The summed E-state index contributed by atoms with van der Waals surface area (Å²) in [5.41, 5.74) is 0.0922. The number of carbonyl (C=O) groups excluding carboxylic acids is 3. The van der Waals surface area contributed by atoms with E-state index in [4.69, 9.17) is 9.47 Å². The standard InChI is InChI=1S/C22H29BrN2O5/c1-21(2)18(22(21,3)4)20(28)24(12-17(29-5)30-6)15-11-16(26)25(19(15)27)14-9-7-13(23)8-10-14/h7-10,15,17-18H,11-12H2,1-6H3. The van der Waals surface area contributed by atoms with Crippen LogP contribution in [0.15, 0.2) is 28.7 Å². The first-order valence-corrected chi connectivity index (χ1v) is 10.7. The molecule has 1 aliphatic heterocycles. The molecule has 1 aromatic carbocycles. The first kappa shape index (κ1) is 22.9. The molecule has 3 rings (SSSR count). The fraction of sp³-hybridized carbons (Fsp3) is 0.591. The predicted octanol–water partition coefficient (Wildman–Crippen LogP) is 3.21. The van der Waals surface area contributed by atoms with E-state index in [2.05, 4.69) is 15.9 Å². The molecule has 3 amide bonds. The number of ether oxygens (including phenoxy) is 2. The summed E-state index contributed by atoms with van der Waals surface area (Å²) in [6.07, 6.45) is -0.752. The number of halogens is 1. The lowest BCUT2D eigenvalue weighted by atomic mass is 10.0. The maximum Gasteiger partial charge on any atom is 0.257 e. The largest absolute Gasteiger partial charge is 0.354 e. The number of hydrogen-bond donors (Lipinski definition) is 0. The number of methoxy groups -OCH3 is 2. The van der Waals surface area contributed by atoms with Gasteiger partial charge in [-0.25, -0.2) is 4.90 Å². The highest BCUT2D eigenvalue weighted by molar-refractivity contribution is 9.10. The normalized spacial score (nSPS) is 22.7. The van der Waals surface area contributed by atoms with Crippen molar-refractivity contribution in [2.24, 2.45) is 16.7 Å². The molecule has 7 nitrogen and oxygen atoms in total. The van der Waals surface area contributed by atoms with E-state index in [0.29, 0.717) is 5.69 Å². The second kappa shape index (κ2) is 8.05. The van der Waals surface area contributed by atoms with E-state index in [-0.39, 0.29) is 41.5 Å². The van der Waals surface area contributed by atoms with Gasteiger partial charge in [-0.3, -0.25) is 14.4 Å². The second-order valence-corrected chi connectivity index (χ2v) is 9.95. The first-order valence-electron chi connectivity index (χ1n) is 9.95. The van der Waals surface area contributed by atoms with Gasteiger partial charge >= 0.3 is 0 Å². The van der Waals surface area contributed by atoms with E-state index in [0.717, 1.165) is 9.37 Å². The van der Waals surface area contributed by atoms with Crippen molar-refractivity contribution >= 4 is 39.3 Å². The quantitative estimate of drug-likeness (QED) is 0.442. The molecule has 2 aliphatic rings. The summed E-state index contributed by atoms with van der Waals surface area (Å²) in [5.74, 6) is -1.12. The number of rotatable bonds is 7. The molecule has 30 heavy (non-hydrogen) atoms. The summed E-state index contributed by atoms with van der Waals surface area (Å²) >= 11 is 3.36. The van der Waals surface area contributed by atoms with Crippen LogP contribution < -0.4 is 4.90 Å². The van der Waals surface area contributed by atoms with E-state index in [1.165, 1.54) is 19.1 Å². The van der Waals surface area contributed by atoms with Gasteiger partial charge in [0.05, 0.1) is 18.7 Å². The van der Waals surface area contributed by atoms with Crippen molar-refractivity contribution in [3.63, 3.8) is 0 Å². The minimum Gasteiger partial charge on any atom is -0.354 e. The summed E-state index contributed by atoms with van der Waals surface area (Å²) < 4.78 is 11.4. The third-order valence-electron chi connectivity index (χ3n) is 7.01. The highest BCUT2D eigenvalue weighted by Crippen LogP contribution is 2.69. The Bertz CT molecular complexity index is 834. The number of anilines is 1. The van der Waals surface area contributed by atoms with Gasteiger partial charge < -0.3 is 14.4 Å². The van der Waals surface area contributed by atoms with Crippen molar-refractivity contribution in [3.05, 3.63) is 28.7 Å². The van der Waals surface area contributed by atoms with Crippen molar-refractivity contribution in [1.29, 1.82) is 0 Å². The highest BCUT2D eigenvalue weighted by atomic mass is 79.9. The van der Waals surface area contributed by atoms with Gasteiger partial charge in [0.1, 0.15) is 6.04 Å². The molecule has 8 heteroatoms. The Morgan fingerprint density at radius 1 is 1.13 bits per heavy atom. The molecule has 1 aromatic rings. The van der Waals surface area contributed by atoms with Crippen LogP contribution in [0.4, 0.5) is 5.69 Å². The van der Waals surface area contributed by atoms with Gasteiger partial charge in [0.15, 0.2) is 6.29 Å². The van der Waals surface area contributed by atoms with Gasteiger partial charge in [-0.2, -0.15) is 0 Å². The van der Waals surface area contributed by atoms with E-state index in [1.807, 2.05) is 27.7 Å². The molecule has 0 bridgehead atoms. The smallest absolute Gasteiger partial charge is 0.257 e. The molecular formula is C22H29BrN2O5. The van der Waals surface area contributed by atoms with Gasteiger partial charge in [0.2, 0.25) is 11.8 Å². The van der Waals surface area contributed by atoms with Crippen molar-refractivity contribution in [3.8, 4) is 0 Å². The average Bonchev–Trinajstić information content (AvgIpc) is 2.92. The molecule has 2 fully saturated rings. The Morgan fingerprint density at radius 3 is 2.13 bits per heavy atom. The molecule has 1 unspecified atom stereocenters. The van der Waals surface area contributed by atoms with Crippen LogP contribution in [0.2, 0.25) is 0 Å². The van der Waals surface area contributed by atoms with Crippen LogP contribution in [0.1, 0.15) is 34.1 Å². The number of nitrogens with zero attached hydrogens (tertiary/aromatic N) is 2. The van der Waals surface area contributed by atoms with Crippen molar-refractivity contribution in [2.75, 3.05) is 25.7 Å². The lowest BCUT2D eigenvalue weighted by Gasteiger charge is -2.31. The number of benzene rings is 1. The molecule has 1 heterocycles. The monoisotopic (exact) mass is 480 g/mol. The molecule has 1 atom stereocenters. The average molecular weight is 481 g/mol. The summed E-state index contributed by atoms with van der Waals surface area (Å²) in [7, 11) is 2.97. The van der Waals surface area contributed by atoms with E-state index in [1.54, 1.807) is 24.3 Å². The predicted molar refractivity (Wildman–Crippen MR) is 116 cm³/mol. The maximum absolute atomic E-state index is 13.6. The molecule has 164 valence electrons. The van der Waals surface area contributed by atoms with Crippen LogP contribution in [0.3, 0.4) is 0 Å². The lowest BCUT2D eigenvalue weighted by molar-refractivity contribution is -0.154. The molecule has 0 N–H and O–H groups in total. The zero-order chi connectivity index (χ0) is 22.4. The summed E-state index contributed by atoms with van der Waals surface area (Å²) in [6, 6.07) is 6.07. The van der Waals surface area contributed by atoms with E-state index < -0.39 is 18.2 Å². The maximum atomic E-state index is 13.6. The summed E-state index contributed by atoms with van der Waals surface area (Å²) in [6.45, 7) is 8.27. The van der Waals surface area contributed by atoms with E-state index >= 15 is 0 Å². The third-order valence-corrected chi connectivity index (χ3v) is 7.53. The zero-order valence-electron chi connectivity index (χ0n) is 18.3. The van der Waals surface area contributed by atoms with Crippen LogP contribution in [0.25, 0.3) is 0 Å². The Kier molecular flexibility index (Phi) is 6.15. The number of hydrogen-bond acceptors (Lipinski definition) is 5. The zero-order valence-corrected chi connectivity index (χ0v) is 19.9.